The molecule has 2 aromatic heterocycles. The van der Waals surface area contributed by atoms with E-state index < -0.39 is 11.8 Å². The number of rotatable bonds is 6. The molecule has 1 atom stereocenters. The van der Waals surface area contributed by atoms with E-state index in [2.05, 4.69) is 36.1 Å². The van der Waals surface area contributed by atoms with Crippen LogP contribution in [0, 0.1) is 5.82 Å². The van der Waals surface area contributed by atoms with Crippen LogP contribution >= 0.6 is 15.9 Å². The van der Waals surface area contributed by atoms with Crippen molar-refractivity contribution in [3.05, 3.63) is 88.4 Å². The molecule has 0 spiro atoms. The molecular weight excluding hydrogens is 479 g/mol. The molecule has 0 fully saturated rings. The lowest BCUT2D eigenvalue weighted by molar-refractivity contribution is 0.0503. The van der Waals surface area contributed by atoms with Crippen molar-refractivity contribution in [2.45, 2.75) is 13.0 Å². The van der Waals surface area contributed by atoms with Crippen molar-refractivity contribution < 1.29 is 18.8 Å². The van der Waals surface area contributed by atoms with Crippen molar-refractivity contribution >= 4 is 38.5 Å². The van der Waals surface area contributed by atoms with Crippen LogP contribution in [0.2, 0.25) is 0 Å². The van der Waals surface area contributed by atoms with E-state index in [0.29, 0.717) is 33.0 Å². The van der Waals surface area contributed by atoms with Gasteiger partial charge in [-0.15, -0.1) is 0 Å². The zero-order valence-electron chi connectivity index (χ0n) is 16.9. The number of hydrogen-bond donors (Lipinski definition) is 2. The lowest BCUT2D eigenvalue weighted by Gasteiger charge is -2.18. The molecule has 32 heavy (non-hydrogen) atoms. The van der Waals surface area contributed by atoms with Gasteiger partial charge < -0.3 is 14.9 Å². The van der Waals surface area contributed by atoms with E-state index in [9.17, 15) is 9.18 Å². The number of anilines is 1. The van der Waals surface area contributed by atoms with Crippen molar-refractivity contribution in [1.82, 2.24) is 9.97 Å². The molecule has 9 heteroatoms. The van der Waals surface area contributed by atoms with Gasteiger partial charge in [0.1, 0.15) is 22.0 Å². The summed E-state index contributed by atoms with van der Waals surface area (Å²) in [6.45, 7) is 1.95. The molecule has 0 bridgehead atoms. The molecule has 3 N–H and O–H groups in total. The van der Waals surface area contributed by atoms with Gasteiger partial charge in [0.25, 0.3) is 0 Å². The van der Waals surface area contributed by atoms with Crippen LogP contribution < -0.4 is 16.0 Å². The largest absolute Gasteiger partial charge is 0.438 e. The summed E-state index contributed by atoms with van der Waals surface area (Å²) in [4.78, 5) is 24.7. The van der Waals surface area contributed by atoms with E-state index in [4.69, 9.17) is 10.6 Å². The zero-order valence-corrected chi connectivity index (χ0v) is 18.5. The van der Waals surface area contributed by atoms with Gasteiger partial charge in [-0.25, -0.2) is 19.2 Å². The molecule has 0 saturated heterocycles. The third kappa shape index (κ3) is 4.68. The number of benzene rings is 2. The summed E-state index contributed by atoms with van der Waals surface area (Å²) in [5.41, 5.74) is 1.26. The number of nitrogens with one attached hydrogen (secondary N) is 1. The Labute approximate surface area is 191 Å². The van der Waals surface area contributed by atoms with Crippen LogP contribution in [0.4, 0.5) is 10.2 Å². The van der Waals surface area contributed by atoms with E-state index in [1.54, 1.807) is 42.6 Å². The predicted molar refractivity (Wildman–Crippen MR) is 122 cm³/mol. The Bertz CT molecular complexity index is 1280. The number of carbonyl (C=O) groups is 1. The number of hydrogen-bond acceptors (Lipinski definition) is 7. The van der Waals surface area contributed by atoms with Crippen molar-refractivity contribution in [2.24, 2.45) is 5.90 Å². The maximum atomic E-state index is 13.6. The fraction of sp³-hybridized carbons (Fsp3) is 0.0870. The van der Waals surface area contributed by atoms with Gasteiger partial charge in [0, 0.05) is 18.3 Å². The first kappa shape index (κ1) is 21.7. The van der Waals surface area contributed by atoms with Gasteiger partial charge >= 0.3 is 5.97 Å². The predicted octanol–water partition coefficient (Wildman–Crippen LogP) is 5.53. The molecule has 0 saturated carbocycles. The minimum Gasteiger partial charge on any atom is -0.438 e. The van der Waals surface area contributed by atoms with Gasteiger partial charge in [-0.05, 0) is 70.2 Å². The van der Waals surface area contributed by atoms with Gasteiger partial charge in [0.05, 0.1) is 10.9 Å². The molecule has 1 unspecified atom stereocenters. The molecule has 0 aliphatic rings. The number of nitrogens with zero attached hydrogens (tertiary/aromatic N) is 2. The van der Waals surface area contributed by atoms with E-state index >= 15 is 0 Å². The van der Waals surface area contributed by atoms with Gasteiger partial charge in [0.15, 0.2) is 0 Å². The van der Waals surface area contributed by atoms with Crippen molar-refractivity contribution in [3.8, 4) is 11.6 Å². The van der Waals surface area contributed by atoms with Crippen molar-refractivity contribution in [2.75, 3.05) is 5.32 Å². The van der Waals surface area contributed by atoms with Gasteiger partial charge in [-0.3, -0.25) is 0 Å². The maximum absolute atomic E-state index is 13.6. The molecule has 0 aliphatic carbocycles. The highest BCUT2D eigenvalue weighted by atomic mass is 79.9. The number of pyridine rings is 2. The average molecular weight is 497 g/mol. The minimum absolute atomic E-state index is 0.176. The smallest absolute Gasteiger partial charge is 0.356 e. The molecule has 0 aliphatic heterocycles. The molecule has 0 radical (unpaired) electrons. The van der Waals surface area contributed by atoms with E-state index in [1.807, 2.05) is 19.1 Å². The van der Waals surface area contributed by atoms with Crippen LogP contribution in [-0.4, -0.2) is 15.9 Å². The fourth-order valence-electron chi connectivity index (χ4n) is 3.23. The lowest BCUT2D eigenvalue weighted by Crippen LogP contribution is -2.11. The Morgan fingerprint density at radius 3 is 2.66 bits per heavy atom. The number of ether oxygens (including phenoxy) is 1. The number of halogens is 2. The number of carbonyl (C=O) groups excluding carboxylic acids is 1. The van der Waals surface area contributed by atoms with Gasteiger partial charge in [-0.1, -0.05) is 18.2 Å². The monoisotopic (exact) mass is 496 g/mol. The second-order valence-electron chi connectivity index (χ2n) is 6.96. The van der Waals surface area contributed by atoms with E-state index in [1.165, 1.54) is 12.1 Å². The summed E-state index contributed by atoms with van der Waals surface area (Å²) in [7, 11) is 0. The van der Waals surface area contributed by atoms with Crippen LogP contribution in [-0.2, 0) is 4.84 Å². The van der Waals surface area contributed by atoms with Crippen LogP contribution in [0.3, 0.4) is 0 Å². The molecule has 7 nitrogen and oxygen atoms in total. The lowest BCUT2D eigenvalue weighted by atomic mass is 10.1. The van der Waals surface area contributed by atoms with Crippen molar-refractivity contribution in [1.29, 1.82) is 0 Å². The first-order chi connectivity index (χ1) is 15.4. The maximum Gasteiger partial charge on any atom is 0.356 e. The van der Waals surface area contributed by atoms with Crippen molar-refractivity contribution in [3.63, 3.8) is 0 Å². The van der Waals surface area contributed by atoms with Gasteiger partial charge in [-0.2, -0.15) is 5.90 Å². The van der Waals surface area contributed by atoms with Crippen LogP contribution in [0.15, 0.2) is 71.5 Å². The van der Waals surface area contributed by atoms with Gasteiger partial charge in [0.2, 0.25) is 5.88 Å². The standard InChI is InChI=1S/C23H18BrFN4O3/c1-13(14-5-7-15(8-6-14)23(30)32-26)28-21-20-16(11-19(24)29-21)9-10-27-22(20)31-18-4-2-3-17(25)12-18/h2-13H,26H2,1H3,(H,28,29). The normalized spacial score (nSPS) is 11.8. The molecule has 162 valence electrons. The summed E-state index contributed by atoms with van der Waals surface area (Å²) in [5.74, 6) is 5.08. The Hall–Kier alpha value is -3.56. The number of aromatic nitrogens is 2. The molecule has 4 aromatic rings. The Morgan fingerprint density at radius 2 is 1.94 bits per heavy atom. The first-order valence-electron chi connectivity index (χ1n) is 9.61. The molecule has 2 heterocycles. The van der Waals surface area contributed by atoms with Crippen LogP contribution in [0.1, 0.15) is 28.9 Å². The summed E-state index contributed by atoms with van der Waals surface area (Å²) in [6, 6.07) is 16.2. The summed E-state index contributed by atoms with van der Waals surface area (Å²) in [5, 5.41) is 4.85. The number of nitrogens with two attached hydrogens (primary N) is 1. The molecule has 0 amide bonds. The molecule has 2 aromatic carbocycles. The summed E-state index contributed by atoms with van der Waals surface area (Å²) >= 11 is 3.44. The SMILES string of the molecule is CC(Nc1nc(Br)cc2ccnc(Oc3cccc(F)c3)c12)c1ccc(C(=O)ON)cc1. The van der Waals surface area contributed by atoms with Crippen LogP contribution in [0.5, 0.6) is 11.6 Å². The fourth-order valence-corrected chi connectivity index (χ4v) is 3.65. The van der Waals surface area contributed by atoms with Crippen LogP contribution in [0.25, 0.3) is 10.8 Å². The number of fused-ring (bicyclic) bond motifs is 1. The summed E-state index contributed by atoms with van der Waals surface area (Å²) in [6.07, 6.45) is 1.62. The molecule has 4 rings (SSSR count). The third-order valence-corrected chi connectivity index (χ3v) is 5.20. The highest BCUT2D eigenvalue weighted by Gasteiger charge is 2.16. The van der Waals surface area contributed by atoms with E-state index in [0.717, 1.165) is 10.9 Å². The Morgan fingerprint density at radius 1 is 1.16 bits per heavy atom. The average Bonchev–Trinajstić information content (AvgIpc) is 2.78. The minimum atomic E-state index is -0.609. The summed E-state index contributed by atoms with van der Waals surface area (Å²) < 4.78 is 20.1. The second kappa shape index (κ2) is 9.29. The zero-order chi connectivity index (χ0) is 22.7. The Balaban J connectivity index is 1.69. The Kier molecular flexibility index (Phi) is 6.29. The third-order valence-electron chi connectivity index (χ3n) is 4.80. The van der Waals surface area contributed by atoms with E-state index in [-0.39, 0.29) is 6.04 Å². The second-order valence-corrected chi connectivity index (χ2v) is 7.77. The quantitative estimate of drug-likeness (QED) is 0.267. The topological polar surface area (TPSA) is 99.4 Å². The highest BCUT2D eigenvalue weighted by molar-refractivity contribution is 9.10. The highest BCUT2D eigenvalue weighted by Crippen LogP contribution is 2.35. The first-order valence-corrected chi connectivity index (χ1v) is 10.4. The molecular formula is C23H18BrFN4O3.